The van der Waals surface area contributed by atoms with E-state index in [1.807, 2.05) is 18.2 Å². The molecule has 0 spiro atoms. The average molecular weight is 422 g/mol. The molecule has 0 bridgehead atoms. The van der Waals surface area contributed by atoms with Crippen LogP contribution in [0.3, 0.4) is 0 Å². The van der Waals surface area contributed by atoms with Gasteiger partial charge in [-0.2, -0.15) is 0 Å². The minimum atomic E-state index is -0.249. The van der Waals surface area contributed by atoms with Crippen molar-refractivity contribution in [1.29, 1.82) is 0 Å². The van der Waals surface area contributed by atoms with Gasteiger partial charge >= 0.3 is 0 Å². The van der Waals surface area contributed by atoms with Gasteiger partial charge in [0.2, 0.25) is 5.75 Å². The molecule has 2 aromatic carbocycles. The Labute approximate surface area is 160 Å². The van der Waals surface area contributed by atoms with Crippen molar-refractivity contribution >= 4 is 21.8 Å². The number of hydrogen-bond donors (Lipinski definition) is 1. The summed E-state index contributed by atoms with van der Waals surface area (Å²) in [5.74, 6) is 1.76. The third-order valence-corrected chi connectivity index (χ3v) is 4.76. The summed E-state index contributed by atoms with van der Waals surface area (Å²) in [6.07, 6.45) is 0.685. The monoisotopic (exact) mass is 421 g/mol. The van der Waals surface area contributed by atoms with Gasteiger partial charge in [-0.15, -0.1) is 0 Å². The fraction of sp³-hybridized carbons (Fsp3) is 0.316. The molecular weight excluding hydrogens is 402 g/mol. The smallest absolute Gasteiger partial charge is 0.255 e. The maximum absolute atomic E-state index is 12.9. The molecule has 0 aliphatic carbocycles. The molecule has 3 rings (SSSR count). The number of halogens is 1. The highest BCUT2D eigenvalue weighted by atomic mass is 79.9. The van der Waals surface area contributed by atoms with Gasteiger partial charge in [0.05, 0.1) is 39.5 Å². The van der Waals surface area contributed by atoms with Crippen LogP contribution in [-0.4, -0.2) is 33.8 Å². The van der Waals surface area contributed by atoms with Crippen molar-refractivity contribution < 1.29 is 23.7 Å². The van der Waals surface area contributed by atoms with Crippen molar-refractivity contribution in [1.82, 2.24) is 5.32 Å². The number of fused-ring (bicyclic) bond motifs is 1. The molecule has 1 N–H and O–H groups in total. The number of amides is 1. The zero-order valence-corrected chi connectivity index (χ0v) is 16.4. The lowest BCUT2D eigenvalue weighted by atomic mass is 10.00. The minimum absolute atomic E-state index is 0.151. The first-order valence-corrected chi connectivity index (χ1v) is 8.90. The van der Waals surface area contributed by atoms with Gasteiger partial charge in [-0.1, -0.05) is 15.9 Å². The maximum atomic E-state index is 12.9. The van der Waals surface area contributed by atoms with Crippen LogP contribution in [0, 0.1) is 0 Å². The molecule has 2 aromatic rings. The molecule has 7 heteroatoms. The lowest BCUT2D eigenvalue weighted by Gasteiger charge is -2.27. The van der Waals surface area contributed by atoms with Crippen molar-refractivity contribution in [2.75, 3.05) is 27.9 Å². The Hall–Kier alpha value is -2.41. The maximum Gasteiger partial charge on any atom is 0.255 e. The second kappa shape index (κ2) is 7.86. The number of nitrogens with one attached hydrogen (secondary N) is 1. The first kappa shape index (κ1) is 18.4. The summed E-state index contributed by atoms with van der Waals surface area (Å²) in [6, 6.07) is 8.98. The molecule has 0 saturated carbocycles. The van der Waals surface area contributed by atoms with Gasteiger partial charge in [0.25, 0.3) is 5.91 Å². The van der Waals surface area contributed by atoms with Gasteiger partial charge in [-0.25, -0.2) is 0 Å². The number of carbonyl (C=O) groups is 1. The molecule has 1 amide bonds. The first-order chi connectivity index (χ1) is 12.6. The van der Waals surface area contributed by atoms with Crippen molar-refractivity contribution in [3.63, 3.8) is 0 Å². The van der Waals surface area contributed by atoms with E-state index in [0.717, 1.165) is 15.8 Å². The lowest BCUT2D eigenvalue weighted by Crippen LogP contribution is -2.32. The largest absolute Gasteiger partial charge is 0.493 e. The Morgan fingerprint density at radius 1 is 1.12 bits per heavy atom. The summed E-state index contributed by atoms with van der Waals surface area (Å²) in [5, 5.41) is 3.07. The number of benzene rings is 2. The normalized spacial score (nSPS) is 15.5. The van der Waals surface area contributed by atoms with E-state index in [2.05, 4.69) is 21.2 Å². The van der Waals surface area contributed by atoms with Crippen molar-refractivity contribution in [2.45, 2.75) is 12.5 Å². The van der Waals surface area contributed by atoms with Crippen molar-refractivity contribution in [3.8, 4) is 23.0 Å². The molecular formula is C19H20BrNO5. The van der Waals surface area contributed by atoms with Crippen LogP contribution in [0.2, 0.25) is 0 Å². The van der Waals surface area contributed by atoms with Gasteiger partial charge < -0.3 is 24.3 Å². The summed E-state index contributed by atoms with van der Waals surface area (Å²) >= 11 is 3.47. The fourth-order valence-electron chi connectivity index (χ4n) is 3.03. The highest BCUT2D eigenvalue weighted by molar-refractivity contribution is 9.10. The van der Waals surface area contributed by atoms with Gasteiger partial charge in [0.1, 0.15) is 5.75 Å². The van der Waals surface area contributed by atoms with E-state index in [1.54, 1.807) is 12.1 Å². The Bertz CT molecular complexity index is 824. The predicted octanol–water partition coefficient (Wildman–Crippen LogP) is 3.73. The second-order valence-corrected chi connectivity index (χ2v) is 6.64. The number of rotatable bonds is 5. The van der Waals surface area contributed by atoms with E-state index in [4.69, 9.17) is 18.9 Å². The van der Waals surface area contributed by atoms with E-state index in [1.165, 1.54) is 21.3 Å². The van der Waals surface area contributed by atoms with Crippen LogP contribution in [0.1, 0.15) is 28.4 Å². The van der Waals surface area contributed by atoms with E-state index in [-0.39, 0.29) is 11.9 Å². The van der Waals surface area contributed by atoms with Crippen LogP contribution in [0.25, 0.3) is 0 Å². The Kier molecular flexibility index (Phi) is 5.56. The molecule has 0 aromatic heterocycles. The topological polar surface area (TPSA) is 66.0 Å². The molecule has 6 nitrogen and oxygen atoms in total. The van der Waals surface area contributed by atoms with Gasteiger partial charge in [-0.3, -0.25) is 4.79 Å². The van der Waals surface area contributed by atoms with Gasteiger partial charge in [-0.05, 0) is 30.3 Å². The summed E-state index contributed by atoms with van der Waals surface area (Å²) in [5.41, 5.74) is 1.33. The highest BCUT2D eigenvalue weighted by Crippen LogP contribution is 2.40. The molecule has 0 radical (unpaired) electrons. The standard InChI is InChI=1S/C19H20BrNO5/c1-23-16-7-5-12(17(24-2)18(16)25-3)19(22)21-14-8-9-26-15-6-4-11(20)10-13(14)15/h4-7,10,14H,8-9H2,1-3H3,(H,21,22). The van der Waals surface area contributed by atoms with Crippen molar-refractivity contribution in [3.05, 3.63) is 45.9 Å². The van der Waals surface area contributed by atoms with Crippen LogP contribution < -0.4 is 24.3 Å². The Morgan fingerprint density at radius 3 is 2.58 bits per heavy atom. The number of carbonyl (C=O) groups excluding carboxylic acids is 1. The van der Waals surface area contributed by atoms with Crippen LogP contribution in [-0.2, 0) is 0 Å². The third-order valence-electron chi connectivity index (χ3n) is 4.27. The summed E-state index contributed by atoms with van der Waals surface area (Å²) in [6.45, 7) is 0.544. The highest BCUT2D eigenvalue weighted by Gasteiger charge is 2.26. The fourth-order valence-corrected chi connectivity index (χ4v) is 3.41. The molecule has 1 heterocycles. The predicted molar refractivity (Wildman–Crippen MR) is 101 cm³/mol. The molecule has 26 heavy (non-hydrogen) atoms. The van der Waals surface area contributed by atoms with Crippen LogP contribution >= 0.6 is 15.9 Å². The lowest BCUT2D eigenvalue weighted by molar-refractivity contribution is 0.0921. The van der Waals surface area contributed by atoms with E-state index in [9.17, 15) is 4.79 Å². The van der Waals surface area contributed by atoms with Gasteiger partial charge in [0, 0.05) is 16.5 Å². The molecule has 0 saturated heterocycles. The van der Waals surface area contributed by atoms with Crippen LogP contribution in [0.5, 0.6) is 23.0 Å². The molecule has 1 atom stereocenters. The average Bonchev–Trinajstić information content (AvgIpc) is 2.66. The summed E-state index contributed by atoms with van der Waals surface area (Å²) in [7, 11) is 4.54. The SMILES string of the molecule is COc1ccc(C(=O)NC2CCOc3ccc(Br)cc32)c(OC)c1OC. The first-order valence-electron chi connectivity index (χ1n) is 8.11. The zero-order valence-electron chi connectivity index (χ0n) is 14.8. The zero-order chi connectivity index (χ0) is 18.7. The number of methoxy groups -OCH3 is 3. The third kappa shape index (κ3) is 3.44. The Balaban J connectivity index is 1.91. The summed E-state index contributed by atoms with van der Waals surface area (Å²) < 4.78 is 22.6. The molecule has 138 valence electrons. The van der Waals surface area contributed by atoms with E-state index in [0.29, 0.717) is 35.8 Å². The van der Waals surface area contributed by atoms with E-state index >= 15 is 0 Å². The summed E-state index contributed by atoms with van der Waals surface area (Å²) in [4.78, 5) is 12.9. The van der Waals surface area contributed by atoms with E-state index < -0.39 is 0 Å². The quantitative estimate of drug-likeness (QED) is 0.796. The van der Waals surface area contributed by atoms with Gasteiger partial charge in [0.15, 0.2) is 11.5 Å². The number of ether oxygens (including phenoxy) is 4. The van der Waals surface area contributed by atoms with Crippen molar-refractivity contribution in [2.24, 2.45) is 0 Å². The molecule has 1 aliphatic heterocycles. The number of hydrogen-bond acceptors (Lipinski definition) is 5. The van der Waals surface area contributed by atoms with Crippen LogP contribution in [0.4, 0.5) is 0 Å². The van der Waals surface area contributed by atoms with Crippen LogP contribution in [0.15, 0.2) is 34.8 Å². The minimum Gasteiger partial charge on any atom is -0.493 e. The molecule has 0 fully saturated rings. The molecule has 1 unspecified atom stereocenters. The Morgan fingerprint density at radius 2 is 1.88 bits per heavy atom. The molecule has 1 aliphatic rings. The second-order valence-electron chi connectivity index (χ2n) is 5.73.